The quantitative estimate of drug-likeness (QED) is 0.0484. The van der Waals surface area contributed by atoms with Gasteiger partial charge in [0.25, 0.3) is 32.3 Å². The fourth-order valence-electron chi connectivity index (χ4n) is 6.19. The Bertz CT molecular complexity index is 1100. The molecule has 1 saturated heterocycles. The van der Waals surface area contributed by atoms with E-state index in [-0.39, 0.29) is 5.67 Å². The summed E-state index contributed by atoms with van der Waals surface area (Å²) in [7, 11) is -36.7. The Morgan fingerprint density at radius 2 is 1.22 bits per heavy atom. The first-order valence-electron chi connectivity index (χ1n) is 15.0. The molecular weight excluding hydrogens is 1010 g/mol. The van der Waals surface area contributed by atoms with Gasteiger partial charge in [-0.05, 0) is 72.0 Å². The first-order chi connectivity index (χ1) is 23.1. The van der Waals surface area contributed by atoms with Crippen molar-refractivity contribution in [3.05, 3.63) is 0 Å². The molecule has 0 aromatic heterocycles. The second-order valence-electron chi connectivity index (χ2n) is 14.0. The lowest BCUT2D eigenvalue weighted by Gasteiger charge is -2.66. The van der Waals surface area contributed by atoms with E-state index >= 15 is 0 Å². The van der Waals surface area contributed by atoms with Gasteiger partial charge in [-0.25, -0.2) is 0 Å². The molecule has 18 radical (unpaired) electrons. The standard InChI is InChI=1S/C13H48O18Si20/c1-23-46(12,32)51(26-40(2)21)48(49(37-18,38-19)25-34-15,31-47(35-16,36-17)24-33-14)29-44(10,27-42(4,5)6)13-45(11,28-43(7,8)9)30-50(51,39-20)41(3)22/h14-22,41H,13H2,1-12H3. The van der Waals surface area contributed by atoms with Crippen LogP contribution in [0.2, 0.25) is 77.7 Å². The second-order valence-corrected chi connectivity index (χ2v) is 105. The molecule has 0 bridgehead atoms. The van der Waals surface area contributed by atoms with Gasteiger partial charge in [-0.1, -0.05) is 0 Å². The summed E-state index contributed by atoms with van der Waals surface area (Å²) in [5.41, 5.74) is 0.0441. The van der Waals surface area contributed by atoms with Gasteiger partial charge >= 0.3 is 61.6 Å². The van der Waals surface area contributed by atoms with Crippen LogP contribution < -0.4 is 0 Å². The largest absolute Gasteiger partial charge is 0.437 e. The van der Waals surface area contributed by atoms with E-state index < -0.39 is 161 Å². The Hall–Kier alpha value is 3.62. The molecule has 18 nitrogen and oxygen atoms in total. The van der Waals surface area contributed by atoms with E-state index in [1.165, 1.54) is 13.7 Å². The fourth-order valence-corrected chi connectivity index (χ4v) is 269. The lowest BCUT2D eigenvalue weighted by atomic mass is 11.8. The molecule has 0 spiro atoms. The van der Waals surface area contributed by atoms with E-state index in [1.54, 1.807) is 19.6 Å². The molecule has 0 aromatic carbocycles. The lowest BCUT2D eigenvalue weighted by molar-refractivity contribution is 0.296. The highest BCUT2D eigenvalue weighted by Gasteiger charge is 2.92. The Morgan fingerprint density at radius 1 is 0.765 bits per heavy atom. The van der Waals surface area contributed by atoms with E-state index in [9.17, 15) is 43.2 Å². The molecule has 7 unspecified atom stereocenters. The van der Waals surface area contributed by atoms with Crippen molar-refractivity contribution in [3.8, 4) is 0 Å². The first-order valence-corrected chi connectivity index (χ1v) is 60.9. The van der Waals surface area contributed by atoms with Crippen molar-refractivity contribution in [3.63, 3.8) is 0 Å². The third-order valence-electron chi connectivity index (χ3n) is 7.29. The summed E-state index contributed by atoms with van der Waals surface area (Å²) in [5, 5.41) is 0. The molecule has 1 aliphatic heterocycles. The predicted molar refractivity (Wildman–Crippen MR) is 221 cm³/mol. The van der Waals surface area contributed by atoms with Gasteiger partial charge in [-0.2, -0.15) is 0 Å². The van der Waals surface area contributed by atoms with Crippen molar-refractivity contribution in [1.82, 2.24) is 0 Å². The average Bonchev–Trinajstić information content (AvgIpc) is 2.97. The Morgan fingerprint density at radius 3 is 1.53 bits per heavy atom. The molecule has 0 saturated carbocycles. The summed E-state index contributed by atoms with van der Waals surface area (Å²) in [6.45, 7) is 5.75. The molecule has 1 rings (SSSR count). The summed E-state index contributed by atoms with van der Waals surface area (Å²) in [6, 6.07) is 0. The maximum Gasteiger partial charge on any atom is 0.420 e. The van der Waals surface area contributed by atoms with Crippen LogP contribution in [-0.2, 0) is 37.3 Å². The van der Waals surface area contributed by atoms with E-state index in [4.69, 9.17) is 37.3 Å². The molecule has 0 aromatic rings. The Balaban J connectivity index is 5.22. The van der Waals surface area contributed by atoms with Crippen LogP contribution in [0.3, 0.4) is 0 Å². The third kappa shape index (κ3) is 11.3. The fraction of sp³-hybridized carbons (Fsp3) is 1.00. The van der Waals surface area contributed by atoms with Crippen molar-refractivity contribution in [2.45, 2.75) is 77.7 Å². The normalized spacial score (nSPS) is 32.1. The van der Waals surface area contributed by atoms with Gasteiger partial charge in [0.1, 0.15) is 0 Å². The SMILES string of the molecule is CO[Si](C)([Si])[Si]1(O[Si](C)O)[Si]([Si]O)([SiH](C)O)O[Si](C)(O[Si](C)(C)C)C[Si](C)(O[Si](C)(C)C)O[Si]1(O[Si](O[Si]O)([Si]O)[Si]O)[Si](O[Si]O)([Si]O)[Si]O. The van der Waals surface area contributed by atoms with Crippen molar-refractivity contribution >= 4 is 171 Å². The van der Waals surface area contributed by atoms with Crippen LogP contribution in [0, 0.1) is 0 Å². The van der Waals surface area contributed by atoms with E-state index in [0.717, 1.165) is 0 Å². The highest BCUT2D eigenvalue weighted by atomic mass is 30.3. The van der Waals surface area contributed by atoms with Crippen LogP contribution in [0.15, 0.2) is 0 Å². The molecule has 288 valence electrons. The summed E-state index contributed by atoms with van der Waals surface area (Å²) in [6.07, 6.45) is 0. The van der Waals surface area contributed by atoms with E-state index in [0.29, 0.717) is 0 Å². The predicted octanol–water partition coefficient (Wildman–Crippen LogP) is -6.46. The second kappa shape index (κ2) is 19.8. The van der Waals surface area contributed by atoms with Gasteiger partial charge in [0.15, 0.2) is 32.5 Å². The molecule has 51 heavy (non-hydrogen) atoms. The van der Waals surface area contributed by atoms with Crippen LogP contribution in [-0.4, -0.2) is 221 Å². The number of rotatable bonds is 21. The highest BCUT2D eigenvalue weighted by Crippen LogP contribution is 2.50. The zero-order valence-electron chi connectivity index (χ0n) is 30.5. The van der Waals surface area contributed by atoms with E-state index in [2.05, 4.69) is 9.76 Å². The van der Waals surface area contributed by atoms with Gasteiger partial charge in [0, 0.05) is 22.5 Å². The molecular formula is C13H48O18Si20. The van der Waals surface area contributed by atoms with Gasteiger partial charge in [-0.3, -0.25) is 0 Å². The van der Waals surface area contributed by atoms with Crippen LogP contribution in [0.4, 0.5) is 0 Å². The molecule has 9 N–H and O–H groups in total. The van der Waals surface area contributed by atoms with E-state index in [1.807, 2.05) is 45.8 Å². The molecule has 0 amide bonds. The molecule has 7 atom stereocenters. The molecule has 1 aliphatic rings. The topological polar surface area (TPSA) is 265 Å². The van der Waals surface area contributed by atoms with Crippen molar-refractivity contribution in [2.24, 2.45) is 0 Å². The third-order valence-corrected chi connectivity index (χ3v) is 163. The summed E-state index contributed by atoms with van der Waals surface area (Å²) >= 11 is 0. The zero-order chi connectivity index (χ0) is 40.2. The Labute approximate surface area is 333 Å². The minimum Gasteiger partial charge on any atom is -0.437 e. The highest BCUT2D eigenvalue weighted by molar-refractivity contribution is 8.12. The average molecular weight is 1050 g/mol. The van der Waals surface area contributed by atoms with Gasteiger partial charge in [0.2, 0.25) is 34.7 Å². The number of hydrogen-bond acceptors (Lipinski definition) is 18. The van der Waals surface area contributed by atoms with Crippen molar-refractivity contribution < 1.29 is 80.5 Å². The van der Waals surface area contributed by atoms with Crippen molar-refractivity contribution in [2.75, 3.05) is 7.11 Å². The molecule has 1 fully saturated rings. The van der Waals surface area contributed by atoms with Gasteiger partial charge < -0.3 is 80.5 Å². The smallest absolute Gasteiger partial charge is 0.420 e. The number of hydrogen-bond donors (Lipinski definition) is 9. The summed E-state index contributed by atoms with van der Waals surface area (Å²) in [4.78, 5) is 102. The molecule has 1 heterocycles. The lowest BCUT2D eigenvalue weighted by Crippen LogP contribution is -3.06. The minimum atomic E-state index is -5.28. The van der Waals surface area contributed by atoms with Crippen LogP contribution in [0.5, 0.6) is 0 Å². The Kier molecular flexibility index (Phi) is 20.4. The van der Waals surface area contributed by atoms with Crippen molar-refractivity contribution in [1.29, 1.82) is 0 Å². The van der Waals surface area contributed by atoms with Crippen LogP contribution in [0.25, 0.3) is 0 Å². The van der Waals surface area contributed by atoms with Gasteiger partial charge in [0.05, 0.1) is 0 Å². The maximum absolute atomic E-state index is 12.4. The monoisotopic (exact) mass is 1050 g/mol. The summed E-state index contributed by atoms with van der Waals surface area (Å²) < 4.78 is 61.4. The van der Waals surface area contributed by atoms with Crippen LogP contribution >= 0.6 is 0 Å². The van der Waals surface area contributed by atoms with Gasteiger partial charge in [-0.15, -0.1) is 0 Å². The molecule has 38 heteroatoms. The minimum absolute atomic E-state index is 0.0441. The summed E-state index contributed by atoms with van der Waals surface area (Å²) in [5.74, 6) is 0. The molecule has 0 aliphatic carbocycles. The first kappa shape index (κ1) is 52.6. The van der Waals surface area contributed by atoms with Crippen LogP contribution in [0.1, 0.15) is 0 Å². The zero-order valence-corrected chi connectivity index (χ0v) is 50.6. The maximum atomic E-state index is 12.4.